The van der Waals surface area contributed by atoms with Gasteiger partial charge in [0.15, 0.2) is 5.82 Å². The Bertz CT molecular complexity index is 1070. The Morgan fingerprint density at radius 2 is 1.44 bits per heavy atom. The highest BCUT2D eigenvalue weighted by atomic mass is 15.2. The van der Waals surface area contributed by atoms with Crippen LogP contribution >= 0.6 is 0 Å². The van der Waals surface area contributed by atoms with Crippen LogP contribution in [-0.4, -0.2) is 21.2 Å². The molecule has 4 nitrogen and oxygen atoms in total. The van der Waals surface area contributed by atoms with Gasteiger partial charge >= 0.3 is 0 Å². The van der Waals surface area contributed by atoms with Crippen molar-refractivity contribution >= 4 is 16.6 Å². The van der Waals surface area contributed by atoms with Gasteiger partial charge in [0.2, 0.25) is 0 Å². The Kier molecular flexibility index (Phi) is 4.02. The fraction of sp³-hybridized carbons (Fsp3) is 0.174. The molecule has 5 rings (SSSR count). The Morgan fingerprint density at radius 1 is 0.778 bits per heavy atom. The molecule has 0 bridgehead atoms. The highest BCUT2D eigenvalue weighted by molar-refractivity contribution is 5.93. The Balaban J connectivity index is 1.45. The third kappa shape index (κ3) is 3.14. The monoisotopic (exact) mass is 352 g/mol. The molecule has 2 aromatic heterocycles. The summed E-state index contributed by atoms with van der Waals surface area (Å²) in [5, 5.41) is 15.0. The number of aromatic nitrogens is 3. The van der Waals surface area contributed by atoms with Gasteiger partial charge in [0.05, 0.1) is 5.69 Å². The van der Waals surface area contributed by atoms with Gasteiger partial charge in [-0.05, 0) is 41.7 Å². The molecule has 27 heavy (non-hydrogen) atoms. The second-order valence-corrected chi connectivity index (χ2v) is 7.09. The largest absolute Gasteiger partial charge is 0.365 e. The van der Waals surface area contributed by atoms with Crippen molar-refractivity contribution in [3.8, 4) is 0 Å². The Labute approximate surface area is 158 Å². The van der Waals surface area contributed by atoms with Crippen LogP contribution in [0.25, 0.3) is 10.8 Å². The van der Waals surface area contributed by atoms with Gasteiger partial charge in [-0.3, -0.25) is 4.98 Å². The average molecular weight is 352 g/mol. The lowest BCUT2D eigenvalue weighted by Gasteiger charge is -2.15. The molecule has 4 heteroatoms. The molecule has 4 aromatic rings. The zero-order valence-electron chi connectivity index (χ0n) is 15.0. The van der Waals surface area contributed by atoms with Crippen LogP contribution in [-0.2, 0) is 19.3 Å². The summed E-state index contributed by atoms with van der Waals surface area (Å²) < 4.78 is 0. The zero-order valence-corrected chi connectivity index (χ0v) is 15.0. The van der Waals surface area contributed by atoms with E-state index in [1.54, 1.807) is 0 Å². The fourth-order valence-electron chi connectivity index (χ4n) is 3.94. The highest BCUT2D eigenvalue weighted by Gasteiger charge is 2.22. The number of rotatable bonds is 4. The van der Waals surface area contributed by atoms with Crippen molar-refractivity contribution in [3.05, 3.63) is 95.4 Å². The molecular formula is C23H20N4. The van der Waals surface area contributed by atoms with Gasteiger partial charge in [0.1, 0.15) is 0 Å². The van der Waals surface area contributed by atoms with Gasteiger partial charge < -0.3 is 5.32 Å². The lowest BCUT2D eigenvalue weighted by molar-refractivity contribution is 0.764. The number of anilines is 1. The standard InChI is InChI=1S/C23H20N4/c1-2-6-18-15-19(14-17(18)5-1)25-23-21-8-4-3-7-20(21)22(26-27-23)13-16-9-11-24-12-10-16/h1-12,19H,13-15H2,(H,25,27). The number of benzene rings is 2. The number of hydrogen-bond acceptors (Lipinski definition) is 4. The molecule has 2 aromatic carbocycles. The molecule has 0 radical (unpaired) electrons. The van der Waals surface area contributed by atoms with Crippen molar-refractivity contribution in [1.29, 1.82) is 0 Å². The minimum atomic E-state index is 0.367. The van der Waals surface area contributed by atoms with Crippen LogP contribution in [0.3, 0.4) is 0 Å². The molecule has 1 aliphatic rings. The van der Waals surface area contributed by atoms with Crippen LogP contribution < -0.4 is 5.32 Å². The second-order valence-electron chi connectivity index (χ2n) is 7.09. The molecule has 0 atom stereocenters. The molecule has 0 saturated carbocycles. The summed E-state index contributed by atoms with van der Waals surface area (Å²) in [5.41, 5.74) is 5.05. The Hall–Kier alpha value is -3.27. The van der Waals surface area contributed by atoms with E-state index >= 15 is 0 Å². The van der Waals surface area contributed by atoms with Crippen LogP contribution in [0.4, 0.5) is 5.82 Å². The van der Waals surface area contributed by atoms with Crippen LogP contribution in [0.15, 0.2) is 73.1 Å². The van der Waals surface area contributed by atoms with E-state index in [4.69, 9.17) is 0 Å². The van der Waals surface area contributed by atoms with Gasteiger partial charge in [-0.1, -0.05) is 48.5 Å². The van der Waals surface area contributed by atoms with E-state index in [1.165, 1.54) is 16.7 Å². The molecule has 0 unspecified atom stereocenters. The zero-order chi connectivity index (χ0) is 18.1. The number of nitrogens with zero attached hydrogens (tertiary/aromatic N) is 3. The molecule has 0 spiro atoms. The first-order chi connectivity index (χ1) is 13.4. The van der Waals surface area contributed by atoms with E-state index in [0.717, 1.165) is 41.5 Å². The van der Waals surface area contributed by atoms with Crippen LogP contribution in [0.2, 0.25) is 0 Å². The molecule has 1 aliphatic carbocycles. The third-order valence-corrected chi connectivity index (χ3v) is 5.28. The lowest BCUT2D eigenvalue weighted by Crippen LogP contribution is -2.21. The van der Waals surface area contributed by atoms with Gasteiger partial charge in [0.25, 0.3) is 0 Å². The SMILES string of the molecule is c1ccc2c(c1)CC(Nc1nnc(Cc3ccncc3)c3ccccc13)C2. The van der Waals surface area contributed by atoms with Gasteiger partial charge in [-0.25, -0.2) is 0 Å². The van der Waals surface area contributed by atoms with Crippen LogP contribution in [0, 0.1) is 0 Å². The van der Waals surface area contributed by atoms with Crippen molar-refractivity contribution in [2.24, 2.45) is 0 Å². The maximum Gasteiger partial charge on any atom is 0.156 e. The summed E-state index contributed by atoms with van der Waals surface area (Å²) >= 11 is 0. The van der Waals surface area contributed by atoms with Gasteiger partial charge in [0, 0.05) is 35.6 Å². The fourth-order valence-corrected chi connectivity index (χ4v) is 3.94. The first-order valence-corrected chi connectivity index (χ1v) is 9.33. The van der Waals surface area contributed by atoms with Crippen molar-refractivity contribution in [3.63, 3.8) is 0 Å². The molecular weight excluding hydrogens is 332 g/mol. The quantitative estimate of drug-likeness (QED) is 0.598. The molecule has 1 N–H and O–H groups in total. The van der Waals surface area contributed by atoms with Crippen molar-refractivity contribution in [2.45, 2.75) is 25.3 Å². The summed E-state index contributed by atoms with van der Waals surface area (Å²) in [6.45, 7) is 0. The molecule has 0 amide bonds. The second kappa shape index (κ2) is 6.80. The minimum absolute atomic E-state index is 0.367. The van der Waals surface area contributed by atoms with E-state index in [9.17, 15) is 0 Å². The van der Waals surface area contributed by atoms with Crippen molar-refractivity contribution < 1.29 is 0 Å². The predicted octanol–water partition coefficient (Wildman–Crippen LogP) is 4.19. The number of nitrogens with one attached hydrogen (secondary N) is 1. The summed E-state index contributed by atoms with van der Waals surface area (Å²) in [6.07, 6.45) is 6.46. The minimum Gasteiger partial charge on any atom is -0.365 e. The summed E-state index contributed by atoms with van der Waals surface area (Å²) in [6, 6.07) is 21.5. The predicted molar refractivity (Wildman–Crippen MR) is 108 cm³/mol. The van der Waals surface area contributed by atoms with Crippen LogP contribution in [0.1, 0.15) is 22.4 Å². The van der Waals surface area contributed by atoms with E-state index in [2.05, 4.69) is 69.0 Å². The number of pyridine rings is 1. The maximum absolute atomic E-state index is 4.56. The first-order valence-electron chi connectivity index (χ1n) is 9.33. The number of fused-ring (bicyclic) bond motifs is 2. The van der Waals surface area contributed by atoms with Crippen molar-refractivity contribution in [2.75, 3.05) is 5.32 Å². The van der Waals surface area contributed by atoms with E-state index in [0.29, 0.717) is 6.04 Å². The molecule has 2 heterocycles. The van der Waals surface area contributed by atoms with Gasteiger partial charge in [-0.15, -0.1) is 5.10 Å². The smallest absolute Gasteiger partial charge is 0.156 e. The Morgan fingerprint density at radius 3 is 2.19 bits per heavy atom. The van der Waals surface area contributed by atoms with E-state index in [-0.39, 0.29) is 0 Å². The van der Waals surface area contributed by atoms with Gasteiger partial charge in [-0.2, -0.15) is 5.10 Å². The molecule has 132 valence electrons. The first kappa shape index (κ1) is 15.9. The van der Waals surface area contributed by atoms with E-state index in [1.807, 2.05) is 24.5 Å². The summed E-state index contributed by atoms with van der Waals surface area (Å²) in [5.74, 6) is 0.877. The number of hydrogen-bond donors (Lipinski definition) is 1. The topological polar surface area (TPSA) is 50.7 Å². The molecule has 0 aliphatic heterocycles. The third-order valence-electron chi connectivity index (χ3n) is 5.28. The van der Waals surface area contributed by atoms with Crippen LogP contribution in [0.5, 0.6) is 0 Å². The lowest BCUT2D eigenvalue weighted by atomic mass is 10.0. The average Bonchev–Trinajstić information content (AvgIpc) is 3.13. The maximum atomic E-state index is 4.56. The van der Waals surface area contributed by atoms with E-state index < -0.39 is 0 Å². The summed E-state index contributed by atoms with van der Waals surface area (Å²) in [4.78, 5) is 4.09. The normalized spacial score (nSPS) is 13.6. The molecule has 0 saturated heterocycles. The van der Waals surface area contributed by atoms with Crippen molar-refractivity contribution in [1.82, 2.24) is 15.2 Å². The highest BCUT2D eigenvalue weighted by Crippen LogP contribution is 2.28. The summed E-state index contributed by atoms with van der Waals surface area (Å²) in [7, 11) is 0. The molecule has 0 fully saturated rings.